The van der Waals surface area contributed by atoms with Crippen LogP contribution in [0.5, 0.6) is 0 Å². The Hall–Kier alpha value is -0.610. The van der Waals surface area contributed by atoms with E-state index in [9.17, 15) is 4.79 Å². The molecule has 0 bridgehead atoms. The summed E-state index contributed by atoms with van der Waals surface area (Å²) in [5.41, 5.74) is 0. The Morgan fingerprint density at radius 1 is 1.35 bits per heavy atom. The van der Waals surface area contributed by atoms with Crippen LogP contribution in [0.1, 0.15) is 39.0 Å². The summed E-state index contributed by atoms with van der Waals surface area (Å²) in [5, 5.41) is 6.35. The van der Waals surface area contributed by atoms with Gasteiger partial charge in [0.15, 0.2) is 0 Å². The van der Waals surface area contributed by atoms with Crippen LogP contribution in [0.2, 0.25) is 0 Å². The van der Waals surface area contributed by atoms with Gasteiger partial charge in [-0.15, -0.1) is 0 Å². The molecule has 4 heteroatoms. The molecular formula is C13H24N2O2. The molecule has 0 aromatic heterocycles. The van der Waals surface area contributed by atoms with Crippen LogP contribution in [0, 0.1) is 5.92 Å². The summed E-state index contributed by atoms with van der Waals surface area (Å²) in [7, 11) is 0. The zero-order chi connectivity index (χ0) is 12.1. The second-order valence-electron chi connectivity index (χ2n) is 5.26. The van der Waals surface area contributed by atoms with Crippen LogP contribution in [0.25, 0.3) is 0 Å². The molecule has 1 amide bonds. The number of rotatable bonds is 6. The maximum absolute atomic E-state index is 11.6. The lowest BCUT2D eigenvalue weighted by Gasteiger charge is -2.23. The van der Waals surface area contributed by atoms with Gasteiger partial charge in [0, 0.05) is 12.5 Å². The van der Waals surface area contributed by atoms with E-state index in [0.29, 0.717) is 25.2 Å². The molecule has 2 N–H and O–H groups in total. The van der Waals surface area contributed by atoms with E-state index in [1.807, 2.05) is 0 Å². The van der Waals surface area contributed by atoms with Crippen molar-refractivity contribution in [3.05, 3.63) is 0 Å². The van der Waals surface area contributed by atoms with Gasteiger partial charge in [0.2, 0.25) is 5.91 Å². The highest BCUT2D eigenvalue weighted by molar-refractivity contribution is 5.76. The predicted molar refractivity (Wildman–Crippen MR) is 66.8 cm³/mol. The quantitative estimate of drug-likeness (QED) is 0.730. The molecule has 1 unspecified atom stereocenters. The monoisotopic (exact) mass is 240 g/mol. The summed E-state index contributed by atoms with van der Waals surface area (Å²) in [6, 6.07) is 0.349. The Bertz CT molecular complexity index is 248. The van der Waals surface area contributed by atoms with Gasteiger partial charge in [-0.05, 0) is 51.6 Å². The number of amides is 1. The zero-order valence-electron chi connectivity index (χ0n) is 10.7. The molecule has 2 fully saturated rings. The van der Waals surface area contributed by atoms with Crippen molar-refractivity contribution in [2.75, 3.05) is 19.7 Å². The third-order valence-corrected chi connectivity index (χ3v) is 3.69. The number of carbonyl (C=O) groups is 1. The highest BCUT2D eigenvalue weighted by atomic mass is 16.5. The second-order valence-corrected chi connectivity index (χ2v) is 5.26. The fourth-order valence-electron chi connectivity index (χ4n) is 2.32. The van der Waals surface area contributed by atoms with Gasteiger partial charge in [0.1, 0.15) is 0 Å². The molecule has 1 heterocycles. The minimum Gasteiger partial charge on any atom is -0.378 e. The lowest BCUT2D eigenvalue weighted by Crippen LogP contribution is -2.36. The molecule has 0 spiro atoms. The molecule has 98 valence electrons. The lowest BCUT2D eigenvalue weighted by molar-refractivity contribution is -0.123. The summed E-state index contributed by atoms with van der Waals surface area (Å²) < 4.78 is 5.71. The van der Waals surface area contributed by atoms with Crippen molar-refractivity contribution >= 4 is 5.91 Å². The lowest BCUT2D eigenvalue weighted by atomic mass is 10.1. The van der Waals surface area contributed by atoms with Crippen LogP contribution in [0.15, 0.2) is 0 Å². The van der Waals surface area contributed by atoms with Crippen LogP contribution in [-0.4, -0.2) is 37.7 Å². The first-order chi connectivity index (χ1) is 8.25. The van der Waals surface area contributed by atoms with E-state index >= 15 is 0 Å². The summed E-state index contributed by atoms with van der Waals surface area (Å²) >= 11 is 0. The minimum atomic E-state index is 0.137. The maximum atomic E-state index is 11.6. The molecule has 0 aromatic rings. The third kappa shape index (κ3) is 4.64. The van der Waals surface area contributed by atoms with Crippen LogP contribution in [-0.2, 0) is 9.53 Å². The molecule has 0 radical (unpaired) electrons. The first-order valence-corrected chi connectivity index (χ1v) is 6.87. The molecule has 0 aromatic carbocycles. The van der Waals surface area contributed by atoms with Crippen molar-refractivity contribution in [1.82, 2.24) is 10.6 Å². The Labute approximate surface area is 103 Å². The van der Waals surface area contributed by atoms with Crippen molar-refractivity contribution < 1.29 is 9.53 Å². The SMILES string of the molecule is CC(NC(=O)CCOC1CCNCC1)C1CC1. The average Bonchev–Trinajstić information content (AvgIpc) is 3.14. The molecule has 4 nitrogen and oxygen atoms in total. The molecular weight excluding hydrogens is 216 g/mol. The Morgan fingerprint density at radius 3 is 2.71 bits per heavy atom. The first-order valence-electron chi connectivity index (χ1n) is 6.87. The fraction of sp³-hybridized carbons (Fsp3) is 0.923. The van der Waals surface area contributed by atoms with E-state index in [1.54, 1.807) is 0 Å². The van der Waals surface area contributed by atoms with Crippen LogP contribution >= 0.6 is 0 Å². The average molecular weight is 240 g/mol. The molecule has 1 atom stereocenters. The largest absolute Gasteiger partial charge is 0.378 e. The van der Waals surface area contributed by atoms with Crippen molar-refractivity contribution in [2.45, 2.75) is 51.2 Å². The van der Waals surface area contributed by atoms with Gasteiger partial charge in [-0.2, -0.15) is 0 Å². The Kier molecular flexibility index (Phi) is 4.80. The molecule has 2 rings (SSSR count). The van der Waals surface area contributed by atoms with Gasteiger partial charge in [0.05, 0.1) is 12.7 Å². The summed E-state index contributed by atoms with van der Waals surface area (Å²) in [5.74, 6) is 0.864. The van der Waals surface area contributed by atoms with E-state index in [4.69, 9.17) is 4.74 Å². The smallest absolute Gasteiger partial charge is 0.222 e. The van der Waals surface area contributed by atoms with Gasteiger partial charge in [-0.3, -0.25) is 4.79 Å². The third-order valence-electron chi connectivity index (χ3n) is 3.69. The summed E-state index contributed by atoms with van der Waals surface area (Å²) in [6.45, 7) is 4.74. The number of nitrogens with one attached hydrogen (secondary N) is 2. The van der Waals surface area contributed by atoms with Crippen molar-refractivity contribution in [2.24, 2.45) is 5.92 Å². The van der Waals surface area contributed by atoms with Crippen molar-refractivity contribution in [3.63, 3.8) is 0 Å². The summed E-state index contributed by atoms with van der Waals surface area (Å²) in [6.07, 6.45) is 5.53. The second kappa shape index (κ2) is 6.36. The highest BCUT2D eigenvalue weighted by Crippen LogP contribution is 2.32. The molecule has 1 saturated heterocycles. The normalized spacial score (nSPS) is 23.4. The van der Waals surface area contributed by atoms with E-state index in [1.165, 1.54) is 12.8 Å². The van der Waals surface area contributed by atoms with Gasteiger partial charge >= 0.3 is 0 Å². The Morgan fingerprint density at radius 2 is 2.06 bits per heavy atom. The first kappa shape index (κ1) is 12.8. The minimum absolute atomic E-state index is 0.137. The van der Waals surface area contributed by atoms with E-state index in [-0.39, 0.29) is 5.91 Å². The highest BCUT2D eigenvalue weighted by Gasteiger charge is 2.28. The standard InChI is InChI=1S/C13H24N2O2/c1-10(11-2-3-11)15-13(16)6-9-17-12-4-7-14-8-5-12/h10-12,14H,2-9H2,1H3,(H,15,16). The molecule has 1 saturated carbocycles. The van der Waals surface area contributed by atoms with Crippen LogP contribution in [0.4, 0.5) is 0 Å². The summed E-state index contributed by atoms with van der Waals surface area (Å²) in [4.78, 5) is 11.6. The molecule has 17 heavy (non-hydrogen) atoms. The van der Waals surface area contributed by atoms with Crippen molar-refractivity contribution in [1.29, 1.82) is 0 Å². The van der Waals surface area contributed by atoms with E-state index in [0.717, 1.165) is 31.8 Å². The van der Waals surface area contributed by atoms with E-state index in [2.05, 4.69) is 17.6 Å². The van der Waals surface area contributed by atoms with Crippen LogP contribution in [0.3, 0.4) is 0 Å². The zero-order valence-corrected chi connectivity index (χ0v) is 10.7. The number of hydrogen-bond acceptors (Lipinski definition) is 3. The molecule has 1 aliphatic heterocycles. The van der Waals surface area contributed by atoms with Gasteiger partial charge in [-0.25, -0.2) is 0 Å². The van der Waals surface area contributed by atoms with Gasteiger partial charge < -0.3 is 15.4 Å². The number of ether oxygens (including phenoxy) is 1. The van der Waals surface area contributed by atoms with Crippen molar-refractivity contribution in [3.8, 4) is 0 Å². The maximum Gasteiger partial charge on any atom is 0.222 e. The number of hydrogen-bond donors (Lipinski definition) is 2. The van der Waals surface area contributed by atoms with Gasteiger partial charge in [0.25, 0.3) is 0 Å². The fourth-order valence-corrected chi connectivity index (χ4v) is 2.32. The number of carbonyl (C=O) groups excluding carboxylic acids is 1. The predicted octanol–water partition coefficient (Wildman–Crippen LogP) is 1.06. The Balaban J connectivity index is 1.52. The van der Waals surface area contributed by atoms with Crippen LogP contribution < -0.4 is 10.6 Å². The topological polar surface area (TPSA) is 50.4 Å². The molecule has 2 aliphatic rings. The van der Waals surface area contributed by atoms with Gasteiger partial charge in [-0.1, -0.05) is 0 Å². The van der Waals surface area contributed by atoms with E-state index < -0.39 is 0 Å². The molecule has 1 aliphatic carbocycles. The number of piperidine rings is 1.